The zero-order valence-corrected chi connectivity index (χ0v) is 17.6. The molecule has 1 aromatic heterocycles. The molecule has 0 unspecified atom stereocenters. The second kappa shape index (κ2) is 9.91. The van der Waals surface area contributed by atoms with Crippen LogP contribution in [0.3, 0.4) is 0 Å². The number of nitrogens with zero attached hydrogens (tertiary/aromatic N) is 2. The normalized spacial score (nSPS) is 11.3. The van der Waals surface area contributed by atoms with Crippen molar-refractivity contribution >= 4 is 45.1 Å². The Balaban J connectivity index is 1.45. The van der Waals surface area contributed by atoms with Crippen LogP contribution in [-0.4, -0.2) is 36.0 Å². The minimum atomic E-state index is -3.59. The molecule has 29 heavy (non-hydrogen) atoms. The first-order valence-electron chi connectivity index (χ1n) is 8.71. The molecule has 0 fully saturated rings. The molecule has 0 aliphatic heterocycles. The Morgan fingerprint density at radius 2 is 1.79 bits per heavy atom. The van der Waals surface area contributed by atoms with Crippen molar-refractivity contribution in [2.45, 2.75) is 22.6 Å². The zero-order chi connectivity index (χ0) is 20.7. The molecule has 3 aromatic rings. The highest BCUT2D eigenvalue weighted by Crippen LogP contribution is 2.19. The van der Waals surface area contributed by atoms with Crippen molar-refractivity contribution in [1.29, 1.82) is 0 Å². The maximum atomic E-state index is 12.3. The highest BCUT2D eigenvalue weighted by Gasteiger charge is 2.17. The predicted molar refractivity (Wildman–Crippen MR) is 112 cm³/mol. The zero-order valence-electron chi connectivity index (χ0n) is 15.2. The summed E-state index contributed by atoms with van der Waals surface area (Å²) in [6.45, 7) is 0. The topological polar surface area (TPSA) is 102 Å². The number of hydrogen-bond donors (Lipinski definition) is 1. The Morgan fingerprint density at radius 1 is 1.07 bits per heavy atom. The third-order valence-corrected chi connectivity index (χ3v) is 6.81. The molecule has 0 bridgehead atoms. The number of amides is 1. The number of nitrogens with one attached hydrogen (secondary N) is 1. The van der Waals surface area contributed by atoms with Gasteiger partial charge in [-0.3, -0.25) is 10.1 Å². The highest BCUT2D eigenvalue weighted by atomic mass is 35.5. The van der Waals surface area contributed by atoms with Crippen LogP contribution in [0.2, 0.25) is 5.02 Å². The van der Waals surface area contributed by atoms with Gasteiger partial charge in [0.15, 0.2) is 9.84 Å². The summed E-state index contributed by atoms with van der Waals surface area (Å²) in [6.07, 6.45) is 0.319. The lowest BCUT2D eigenvalue weighted by atomic mass is 10.4. The van der Waals surface area contributed by atoms with Crippen LogP contribution in [0.4, 0.5) is 6.01 Å². The summed E-state index contributed by atoms with van der Waals surface area (Å²) in [5.74, 6) is 0.294. The molecular weight excluding hydrogens is 434 g/mol. The molecule has 3 rings (SSSR count). The summed E-state index contributed by atoms with van der Waals surface area (Å²) in [5, 5.41) is 10.5. The summed E-state index contributed by atoms with van der Waals surface area (Å²) in [7, 11) is -3.59. The second-order valence-corrected chi connectivity index (χ2v) is 9.70. The first kappa shape index (κ1) is 21.4. The van der Waals surface area contributed by atoms with Crippen molar-refractivity contribution in [3.63, 3.8) is 0 Å². The molecule has 10 heteroatoms. The van der Waals surface area contributed by atoms with E-state index in [1.54, 1.807) is 11.8 Å². The average molecular weight is 452 g/mol. The minimum absolute atomic E-state index is 0.0430. The number of hydrogen-bond acceptors (Lipinski definition) is 7. The van der Waals surface area contributed by atoms with Gasteiger partial charge in [0, 0.05) is 28.5 Å². The molecule has 1 amide bonds. The number of halogens is 1. The van der Waals surface area contributed by atoms with Gasteiger partial charge in [-0.05, 0) is 36.4 Å². The minimum Gasteiger partial charge on any atom is -0.408 e. The van der Waals surface area contributed by atoms with Crippen molar-refractivity contribution in [2.24, 2.45) is 0 Å². The first-order valence-corrected chi connectivity index (χ1v) is 11.7. The van der Waals surface area contributed by atoms with Crippen LogP contribution >= 0.6 is 23.4 Å². The average Bonchev–Trinajstić information content (AvgIpc) is 3.15. The summed E-state index contributed by atoms with van der Waals surface area (Å²) in [4.78, 5) is 13.3. The number of aryl methyl sites for hydroxylation is 1. The van der Waals surface area contributed by atoms with E-state index in [4.69, 9.17) is 16.0 Å². The third kappa shape index (κ3) is 6.59. The maximum absolute atomic E-state index is 12.3. The third-order valence-electron chi connectivity index (χ3n) is 3.81. The Morgan fingerprint density at radius 3 is 2.52 bits per heavy atom. The standard InChI is InChI=1S/C19H18ClN3O4S2/c20-14-6-8-16(9-7-14)29(25,26)13-11-17(24)21-19-23-22-18(27-19)10-12-28-15-4-2-1-3-5-15/h1-9H,10-13H2,(H,21,23,24). The van der Waals surface area contributed by atoms with Crippen molar-refractivity contribution < 1.29 is 17.6 Å². The van der Waals surface area contributed by atoms with Crippen LogP contribution in [0, 0.1) is 0 Å². The van der Waals surface area contributed by atoms with Crippen molar-refractivity contribution in [1.82, 2.24) is 10.2 Å². The van der Waals surface area contributed by atoms with E-state index in [2.05, 4.69) is 15.5 Å². The van der Waals surface area contributed by atoms with E-state index in [0.717, 1.165) is 10.6 Å². The molecule has 0 radical (unpaired) electrons. The lowest BCUT2D eigenvalue weighted by molar-refractivity contribution is -0.116. The molecule has 0 aliphatic rings. The van der Waals surface area contributed by atoms with Gasteiger partial charge in [0.2, 0.25) is 11.8 Å². The van der Waals surface area contributed by atoms with Gasteiger partial charge in [0.1, 0.15) is 0 Å². The molecule has 1 N–H and O–H groups in total. The lowest BCUT2D eigenvalue weighted by Crippen LogP contribution is -2.17. The number of aromatic nitrogens is 2. The number of sulfone groups is 1. The smallest absolute Gasteiger partial charge is 0.322 e. The van der Waals surface area contributed by atoms with Gasteiger partial charge in [0.25, 0.3) is 0 Å². The molecule has 152 valence electrons. The van der Waals surface area contributed by atoms with E-state index < -0.39 is 15.7 Å². The molecule has 7 nitrogen and oxygen atoms in total. The van der Waals surface area contributed by atoms with Crippen LogP contribution in [0.1, 0.15) is 12.3 Å². The number of carbonyl (C=O) groups excluding carboxylic acids is 1. The van der Waals surface area contributed by atoms with E-state index in [1.807, 2.05) is 30.3 Å². The quantitative estimate of drug-likeness (QED) is 0.492. The van der Waals surface area contributed by atoms with Gasteiger partial charge < -0.3 is 4.42 Å². The molecule has 1 heterocycles. The highest BCUT2D eigenvalue weighted by molar-refractivity contribution is 7.99. The van der Waals surface area contributed by atoms with Crippen LogP contribution in [-0.2, 0) is 21.1 Å². The Hall–Kier alpha value is -2.36. The summed E-state index contributed by atoms with van der Waals surface area (Å²) in [5.41, 5.74) is 0. The van der Waals surface area contributed by atoms with Crippen LogP contribution in [0.15, 0.2) is 68.8 Å². The molecule has 0 saturated carbocycles. The van der Waals surface area contributed by atoms with E-state index in [-0.39, 0.29) is 23.1 Å². The van der Waals surface area contributed by atoms with E-state index in [0.29, 0.717) is 17.3 Å². The lowest BCUT2D eigenvalue weighted by Gasteiger charge is -2.04. The van der Waals surface area contributed by atoms with Gasteiger partial charge in [0.05, 0.1) is 10.6 Å². The van der Waals surface area contributed by atoms with Gasteiger partial charge in [-0.25, -0.2) is 8.42 Å². The largest absolute Gasteiger partial charge is 0.408 e. The van der Waals surface area contributed by atoms with Crippen molar-refractivity contribution in [3.8, 4) is 0 Å². The maximum Gasteiger partial charge on any atom is 0.322 e. The molecule has 0 aliphatic carbocycles. The number of carbonyl (C=O) groups is 1. The first-order chi connectivity index (χ1) is 13.9. The number of anilines is 1. The SMILES string of the molecule is O=C(CCS(=O)(=O)c1ccc(Cl)cc1)Nc1nnc(CCSc2ccccc2)o1. The van der Waals surface area contributed by atoms with E-state index in [9.17, 15) is 13.2 Å². The predicted octanol–water partition coefficient (Wildman–Crippen LogP) is 3.86. The molecule has 2 aromatic carbocycles. The fraction of sp³-hybridized carbons (Fsp3) is 0.211. The number of rotatable bonds is 9. The molecule has 0 saturated heterocycles. The Kier molecular flexibility index (Phi) is 7.29. The Labute approximate surface area is 177 Å². The van der Waals surface area contributed by atoms with E-state index >= 15 is 0 Å². The molecular formula is C19H18ClN3O4S2. The van der Waals surface area contributed by atoms with Gasteiger partial charge in [-0.2, -0.15) is 0 Å². The summed E-state index contributed by atoms with van der Waals surface area (Å²) >= 11 is 7.42. The van der Waals surface area contributed by atoms with Crippen LogP contribution in [0.25, 0.3) is 0 Å². The monoisotopic (exact) mass is 451 g/mol. The van der Waals surface area contributed by atoms with Crippen molar-refractivity contribution in [2.75, 3.05) is 16.8 Å². The van der Waals surface area contributed by atoms with E-state index in [1.165, 1.54) is 24.3 Å². The molecule has 0 spiro atoms. The summed E-state index contributed by atoms with van der Waals surface area (Å²) < 4.78 is 29.9. The Bertz CT molecular complexity index is 1050. The second-order valence-electron chi connectivity index (χ2n) is 5.98. The van der Waals surface area contributed by atoms with Crippen LogP contribution < -0.4 is 5.32 Å². The van der Waals surface area contributed by atoms with Gasteiger partial charge in [-0.15, -0.1) is 16.9 Å². The van der Waals surface area contributed by atoms with Gasteiger partial charge >= 0.3 is 6.01 Å². The fourth-order valence-corrected chi connectivity index (χ4v) is 4.58. The van der Waals surface area contributed by atoms with Gasteiger partial charge in [-0.1, -0.05) is 34.9 Å². The number of benzene rings is 2. The van der Waals surface area contributed by atoms with Crippen LogP contribution in [0.5, 0.6) is 0 Å². The fourth-order valence-electron chi connectivity index (χ4n) is 2.35. The summed E-state index contributed by atoms with van der Waals surface area (Å²) in [6, 6.07) is 15.7. The van der Waals surface area contributed by atoms with Crippen molar-refractivity contribution in [3.05, 3.63) is 65.5 Å². The number of thioether (sulfide) groups is 1. The molecule has 0 atom stereocenters.